The number of hydrogen-bond donors (Lipinski definition) is 3. The summed E-state index contributed by atoms with van der Waals surface area (Å²) in [5.74, 6) is 2.12. The predicted molar refractivity (Wildman–Crippen MR) is 88.8 cm³/mol. The van der Waals surface area contributed by atoms with Gasteiger partial charge in [-0.25, -0.2) is 4.98 Å². The SMILES string of the molecule is CCNc1ccnc(N2CC3CNCC3(CO)C2)n1.Cl.Cl. The van der Waals surface area contributed by atoms with Crippen molar-refractivity contribution in [2.45, 2.75) is 6.92 Å². The monoisotopic (exact) mass is 335 g/mol. The van der Waals surface area contributed by atoms with E-state index in [-0.39, 0.29) is 36.8 Å². The molecule has 2 unspecified atom stereocenters. The molecule has 0 amide bonds. The first-order valence-corrected chi connectivity index (χ1v) is 6.91. The molecule has 3 rings (SSSR count). The Hall–Kier alpha value is -0.820. The van der Waals surface area contributed by atoms with Gasteiger partial charge in [-0.1, -0.05) is 0 Å². The third-order valence-corrected chi connectivity index (χ3v) is 4.28. The molecule has 2 aliphatic heterocycles. The Kier molecular flexibility index (Phi) is 6.46. The van der Waals surface area contributed by atoms with Crippen molar-refractivity contribution in [3.63, 3.8) is 0 Å². The Labute approximate surface area is 137 Å². The Morgan fingerprint density at radius 2 is 2.33 bits per heavy atom. The first-order valence-electron chi connectivity index (χ1n) is 6.91. The number of halogens is 2. The zero-order valence-corrected chi connectivity index (χ0v) is 13.7. The lowest BCUT2D eigenvalue weighted by Crippen LogP contribution is -2.36. The summed E-state index contributed by atoms with van der Waals surface area (Å²) in [7, 11) is 0. The highest BCUT2D eigenvalue weighted by atomic mass is 35.5. The van der Waals surface area contributed by atoms with Gasteiger partial charge in [-0.05, 0) is 18.9 Å². The second-order valence-electron chi connectivity index (χ2n) is 5.50. The summed E-state index contributed by atoms with van der Waals surface area (Å²) in [4.78, 5) is 11.1. The Morgan fingerprint density at radius 3 is 3.00 bits per heavy atom. The van der Waals surface area contributed by atoms with Gasteiger partial charge in [-0.2, -0.15) is 4.98 Å². The molecule has 3 N–H and O–H groups in total. The van der Waals surface area contributed by atoms with Crippen molar-refractivity contribution in [3.05, 3.63) is 12.3 Å². The van der Waals surface area contributed by atoms with Gasteiger partial charge in [0.05, 0.1) is 6.61 Å². The van der Waals surface area contributed by atoms with Crippen molar-refractivity contribution < 1.29 is 5.11 Å². The van der Waals surface area contributed by atoms with Crippen LogP contribution in [-0.2, 0) is 0 Å². The van der Waals surface area contributed by atoms with Crippen LogP contribution < -0.4 is 15.5 Å². The molecule has 120 valence electrons. The largest absolute Gasteiger partial charge is 0.396 e. The average molecular weight is 336 g/mol. The highest BCUT2D eigenvalue weighted by Gasteiger charge is 2.49. The van der Waals surface area contributed by atoms with Crippen LogP contribution >= 0.6 is 24.8 Å². The van der Waals surface area contributed by atoms with E-state index in [0.717, 1.165) is 44.5 Å². The maximum Gasteiger partial charge on any atom is 0.227 e. The molecule has 6 nitrogen and oxygen atoms in total. The van der Waals surface area contributed by atoms with E-state index >= 15 is 0 Å². The van der Waals surface area contributed by atoms with E-state index < -0.39 is 0 Å². The number of aromatic nitrogens is 2. The Balaban J connectivity index is 0.00000110. The van der Waals surface area contributed by atoms with Crippen LogP contribution in [0, 0.1) is 11.3 Å². The minimum atomic E-state index is -0.0163. The van der Waals surface area contributed by atoms with Crippen LogP contribution in [0.5, 0.6) is 0 Å². The smallest absolute Gasteiger partial charge is 0.227 e. The van der Waals surface area contributed by atoms with Gasteiger partial charge in [0, 0.05) is 44.3 Å². The maximum absolute atomic E-state index is 9.71. The van der Waals surface area contributed by atoms with E-state index in [4.69, 9.17) is 0 Å². The van der Waals surface area contributed by atoms with E-state index in [1.807, 2.05) is 6.07 Å². The first-order chi connectivity index (χ1) is 9.27. The summed E-state index contributed by atoms with van der Waals surface area (Å²) in [6, 6.07) is 1.88. The van der Waals surface area contributed by atoms with Crippen LogP contribution in [0.1, 0.15) is 6.92 Å². The minimum Gasteiger partial charge on any atom is -0.396 e. The van der Waals surface area contributed by atoms with Crippen molar-refractivity contribution in [3.8, 4) is 0 Å². The van der Waals surface area contributed by atoms with E-state index in [1.54, 1.807) is 6.20 Å². The lowest BCUT2D eigenvalue weighted by molar-refractivity contribution is 0.135. The summed E-state index contributed by atoms with van der Waals surface area (Å²) >= 11 is 0. The molecule has 0 spiro atoms. The fourth-order valence-electron chi connectivity index (χ4n) is 3.18. The number of fused-ring (bicyclic) bond motifs is 1. The molecule has 0 aliphatic carbocycles. The molecule has 2 atom stereocenters. The van der Waals surface area contributed by atoms with E-state index in [9.17, 15) is 5.11 Å². The summed E-state index contributed by atoms with van der Waals surface area (Å²) in [5, 5.41) is 16.3. The molecule has 2 saturated heterocycles. The van der Waals surface area contributed by atoms with Crippen molar-refractivity contribution in [1.82, 2.24) is 15.3 Å². The molecule has 3 heterocycles. The van der Waals surface area contributed by atoms with Gasteiger partial charge in [0.15, 0.2) is 0 Å². The number of nitrogens with one attached hydrogen (secondary N) is 2. The van der Waals surface area contributed by atoms with Gasteiger partial charge in [0.25, 0.3) is 0 Å². The molecule has 0 bridgehead atoms. The lowest BCUT2D eigenvalue weighted by Gasteiger charge is -2.25. The van der Waals surface area contributed by atoms with E-state index in [0.29, 0.717) is 5.92 Å². The maximum atomic E-state index is 9.71. The molecule has 2 aliphatic rings. The van der Waals surface area contributed by atoms with Crippen LogP contribution in [0.25, 0.3) is 0 Å². The van der Waals surface area contributed by atoms with E-state index in [2.05, 4.69) is 32.4 Å². The van der Waals surface area contributed by atoms with Crippen LogP contribution in [0.2, 0.25) is 0 Å². The lowest BCUT2D eigenvalue weighted by atomic mass is 9.82. The highest BCUT2D eigenvalue weighted by molar-refractivity contribution is 5.85. The van der Waals surface area contributed by atoms with Gasteiger partial charge in [0.1, 0.15) is 5.82 Å². The van der Waals surface area contributed by atoms with Crippen molar-refractivity contribution in [2.75, 3.05) is 49.5 Å². The van der Waals surface area contributed by atoms with Crippen LogP contribution in [0.4, 0.5) is 11.8 Å². The molecule has 0 aromatic carbocycles. The summed E-state index contributed by atoms with van der Waals surface area (Å²) in [6.45, 7) is 6.74. The number of hydrogen-bond acceptors (Lipinski definition) is 6. The number of rotatable bonds is 4. The topological polar surface area (TPSA) is 73.3 Å². The third-order valence-electron chi connectivity index (χ3n) is 4.28. The molecule has 2 fully saturated rings. The molecule has 0 saturated carbocycles. The molecular formula is C13H23Cl2N5O. The fraction of sp³-hybridized carbons (Fsp3) is 0.692. The van der Waals surface area contributed by atoms with Crippen molar-refractivity contribution in [1.29, 1.82) is 0 Å². The second kappa shape index (κ2) is 7.45. The quantitative estimate of drug-likeness (QED) is 0.754. The van der Waals surface area contributed by atoms with Gasteiger partial charge in [0.2, 0.25) is 5.95 Å². The summed E-state index contributed by atoms with van der Waals surface area (Å²) < 4.78 is 0. The standard InChI is InChI=1S/C13H21N5O.2ClH/c1-2-15-11-3-4-16-12(17-11)18-6-10-5-14-7-13(10,8-18)9-19;;/h3-4,10,14,19H,2,5-9H2,1H3,(H,15,16,17);2*1H. The zero-order chi connectivity index (χ0) is 13.3. The molecule has 21 heavy (non-hydrogen) atoms. The third kappa shape index (κ3) is 3.34. The van der Waals surface area contributed by atoms with Crippen LogP contribution in [0.15, 0.2) is 12.3 Å². The molecule has 1 aromatic heterocycles. The van der Waals surface area contributed by atoms with Crippen LogP contribution in [-0.4, -0.2) is 54.4 Å². The first kappa shape index (κ1) is 18.2. The Bertz CT molecular complexity index is 464. The van der Waals surface area contributed by atoms with Gasteiger partial charge >= 0.3 is 0 Å². The van der Waals surface area contributed by atoms with Crippen molar-refractivity contribution in [2.24, 2.45) is 11.3 Å². The van der Waals surface area contributed by atoms with Gasteiger partial charge in [-0.15, -0.1) is 24.8 Å². The number of aliphatic hydroxyl groups is 1. The second-order valence-corrected chi connectivity index (χ2v) is 5.50. The van der Waals surface area contributed by atoms with Gasteiger partial charge < -0.3 is 20.6 Å². The zero-order valence-electron chi connectivity index (χ0n) is 12.1. The fourth-order valence-corrected chi connectivity index (χ4v) is 3.18. The average Bonchev–Trinajstić information content (AvgIpc) is 2.96. The van der Waals surface area contributed by atoms with Crippen LogP contribution in [0.3, 0.4) is 0 Å². The van der Waals surface area contributed by atoms with E-state index in [1.165, 1.54) is 0 Å². The molecule has 1 aromatic rings. The molecule has 8 heteroatoms. The van der Waals surface area contributed by atoms with Gasteiger partial charge in [-0.3, -0.25) is 0 Å². The van der Waals surface area contributed by atoms with Crippen molar-refractivity contribution >= 4 is 36.6 Å². The Morgan fingerprint density at radius 1 is 1.52 bits per heavy atom. The summed E-state index contributed by atoms with van der Waals surface area (Å²) in [5.41, 5.74) is -0.0163. The molecular weight excluding hydrogens is 313 g/mol. The number of anilines is 2. The minimum absolute atomic E-state index is 0. The number of nitrogens with zero attached hydrogens (tertiary/aromatic N) is 3. The summed E-state index contributed by atoms with van der Waals surface area (Å²) in [6.07, 6.45) is 1.79. The normalized spacial score (nSPS) is 26.8. The predicted octanol–water partition coefficient (Wildman–Crippen LogP) is 0.770. The number of aliphatic hydroxyl groups excluding tert-OH is 1. The highest BCUT2D eigenvalue weighted by Crippen LogP contribution is 2.39. The molecule has 0 radical (unpaired) electrons.